The molecule has 22 heavy (non-hydrogen) atoms. The zero-order valence-electron chi connectivity index (χ0n) is 12.6. The molecule has 4 nitrogen and oxygen atoms in total. The Labute approximate surface area is 127 Å². The summed E-state index contributed by atoms with van der Waals surface area (Å²) >= 11 is 0. The van der Waals surface area contributed by atoms with Crippen LogP contribution < -0.4 is 5.32 Å². The fourth-order valence-electron chi connectivity index (χ4n) is 1.62. The first-order valence-corrected chi connectivity index (χ1v) is 6.55. The number of benzene rings is 1. The minimum absolute atomic E-state index is 0.244. The summed E-state index contributed by atoms with van der Waals surface area (Å²) in [6, 6.07) is 2.45. The number of terminal acetylenes is 1. The third kappa shape index (κ3) is 5.17. The molecule has 0 heterocycles. The van der Waals surface area contributed by atoms with Crippen LogP contribution in [-0.4, -0.2) is 23.5 Å². The van der Waals surface area contributed by atoms with Gasteiger partial charge in [-0.2, -0.15) is 0 Å². The zero-order valence-corrected chi connectivity index (χ0v) is 12.6. The van der Waals surface area contributed by atoms with Gasteiger partial charge in [0.05, 0.1) is 12.0 Å². The molecule has 0 saturated carbocycles. The van der Waals surface area contributed by atoms with Gasteiger partial charge >= 0.3 is 6.09 Å². The number of Topliss-reactive ketones (excluding diaryl/α,β-unsaturated/α-hetero) is 1. The maximum absolute atomic E-state index is 13.6. The van der Waals surface area contributed by atoms with E-state index in [1.165, 1.54) is 0 Å². The van der Waals surface area contributed by atoms with E-state index in [2.05, 4.69) is 11.2 Å². The summed E-state index contributed by atoms with van der Waals surface area (Å²) in [7, 11) is 0. The number of ketones is 1. The van der Waals surface area contributed by atoms with Crippen molar-refractivity contribution in [3.8, 4) is 12.3 Å². The lowest BCUT2D eigenvalue weighted by Crippen LogP contribution is -2.43. The van der Waals surface area contributed by atoms with Crippen LogP contribution >= 0.6 is 0 Å². The number of halogens is 2. The Kier molecular flexibility index (Phi) is 5.63. The maximum atomic E-state index is 13.6. The predicted molar refractivity (Wildman–Crippen MR) is 77.3 cm³/mol. The minimum Gasteiger partial charge on any atom is -0.437 e. The minimum atomic E-state index is -1.39. The molecule has 1 atom stereocenters. The van der Waals surface area contributed by atoms with Crippen molar-refractivity contribution in [3.63, 3.8) is 0 Å². The van der Waals surface area contributed by atoms with Crippen LogP contribution in [0, 0.1) is 24.0 Å². The highest BCUT2D eigenvalue weighted by atomic mass is 19.1. The van der Waals surface area contributed by atoms with E-state index in [-0.39, 0.29) is 6.42 Å². The van der Waals surface area contributed by atoms with Crippen molar-refractivity contribution in [3.05, 3.63) is 35.4 Å². The molecule has 0 aliphatic rings. The number of amides is 1. The van der Waals surface area contributed by atoms with Crippen molar-refractivity contribution in [2.24, 2.45) is 0 Å². The number of ether oxygens (including phenoxy) is 1. The van der Waals surface area contributed by atoms with Crippen molar-refractivity contribution in [1.29, 1.82) is 0 Å². The van der Waals surface area contributed by atoms with Gasteiger partial charge in [-0.3, -0.25) is 4.79 Å². The highest BCUT2D eigenvalue weighted by Gasteiger charge is 2.27. The van der Waals surface area contributed by atoms with Crippen molar-refractivity contribution < 1.29 is 23.1 Å². The Bertz CT molecular complexity index is 615. The Morgan fingerprint density at radius 3 is 2.55 bits per heavy atom. The van der Waals surface area contributed by atoms with E-state index in [9.17, 15) is 18.4 Å². The Hall–Kier alpha value is -2.42. The van der Waals surface area contributed by atoms with Gasteiger partial charge in [0.15, 0.2) is 6.10 Å². The van der Waals surface area contributed by atoms with E-state index in [4.69, 9.17) is 11.2 Å². The predicted octanol–water partition coefficient (Wildman–Crippen LogP) is 3.06. The smallest absolute Gasteiger partial charge is 0.408 e. The molecule has 0 aliphatic carbocycles. The molecule has 0 saturated heterocycles. The van der Waals surface area contributed by atoms with E-state index in [1.807, 2.05) is 0 Å². The van der Waals surface area contributed by atoms with Crippen LogP contribution in [-0.2, 0) is 4.74 Å². The van der Waals surface area contributed by atoms with Crippen LogP contribution in [0.3, 0.4) is 0 Å². The van der Waals surface area contributed by atoms with Crippen molar-refractivity contribution in [2.45, 2.75) is 38.8 Å². The summed E-state index contributed by atoms with van der Waals surface area (Å²) in [4.78, 5) is 23.9. The van der Waals surface area contributed by atoms with Crippen LogP contribution in [0.1, 0.15) is 37.6 Å². The Morgan fingerprint density at radius 2 is 2.00 bits per heavy atom. The summed E-state index contributed by atoms with van der Waals surface area (Å²) < 4.78 is 31.7. The van der Waals surface area contributed by atoms with Crippen molar-refractivity contribution in [2.75, 3.05) is 0 Å². The molecule has 1 aromatic carbocycles. The second kappa shape index (κ2) is 7.03. The molecule has 6 heteroatoms. The van der Waals surface area contributed by atoms with Gasteiger partial charge in [-0.15, -0.1) is 12.3 Å². The Morgan fingerprint density at radius 1 is 1.36 bits per heavy atom. The number of alkyl carbamates (subject to hydrolysis) is 1. The van der Waals surface area contributed by atoms with Gasteiger partial charge < -0.3 is 10.1 Å². The SMILES string of the molecule is C#CCC(OC(=O)NC(C)(C)C)C(=O)c1cc(F)ccc1F. The van der Waals surface area contributed by atoms with Crippen molar-refractivity contribution in [1.82, 2.24) is 5.32 Å². The average Bonchev–Trinajstić information content (AvgIpc) is 2.38. The Balaban J connectivity index is 2.95. The van der Waals surface area contributed by atoms with E-state index < -0.39 is 40.7 Å². The number of hydrogen-bond acceptors (Lipinski definition) is 3. The van der Waals surface area contributed by atoms with Crippen LogP contribution in [0.25, 0.3) is 0 Å². The molecule has 118 valence electrons. The number of rotatable bonds is 4. The molecule has 1 unspecified atom stereocenters. The van der Waals surface area contributed by atoms with Gasteiger partial charge in [-0.1, -0.05) is 0 Å². The largest absolute Gasteiger partial charge is 0.437 e. The second-order valence-corrected chi connectivity index (χ2v) is 5.67. The molecule has 0 spiro atoms. The molecular weight excluding hydrogens is 292 g/mol. The van der Waals surface area contributed by atoms with Gasteiger partial charge in [0.1, 0.15) is 11.6 Å². The summed E-state index contributed by atoms with van der Waals surface area (Å²) in [6.45, 7) is 5.16. The standard InChI is InChI=1S/C16H17F2NO3/c1-5-6-13(22-15(21)19-16(2,3)4)14(20)11-9-10(17)7-8-12(11)18/h1,7-9,13H,6H2,2-4H3,(H,19,21). The molecule has 0 aromatic heterocycles. The molecule has 0 aliphatic heterocycles. The summed E-state index contributed by atoms with van der Waals surface area (Å²) in [5.74, 6) is -0.395. The third-order valence-corrected chi connectivity index (χ3v) is 2.52. The van der Waals surface area contributed by atoms with E-state index in [0.29, 0.717) is 0 Å². The maximum Gasteiger partial charge on any atom is 0.408 e. The average molecular weight is 309 g/mol. The first-order chi connectivity index (χ1) is 10.1. The lowest BCUT2D eigenvalue weighted by Gasteiger charge is -2.22. The van der Waals surface area contributed by atoms with Gasteiger partial charge in [0.25, 0.3) is 0 Å². The highest BCUT2D eigenvalue weighted by molar-refractivity contribution is 6.00. The van der Waals surface area contributed by atoms with Gasteiger partial charge in [0, 0.05) is 5.54 Å². The van der Waals surface area contributed by atoms with Crippen LogP contribution in [0.2, 0.25) is 0 Å². The second-order valence-electron chi connectivity index (χ2n) is 5.67. The van der Waals surface area contributed by atoms with Gasteiger partial charge in [-0.25, -0.2) is 13.6 Å². The zero-order chi connectivity index (χ0) is 16.9. The molecule has 1 rings (SSSR count). The molecule has 1 aromatic rings. The molecule has 0 radical (unpaired) electrons. The van der Waals surface area contributed by atoms with Crippen LogP contribution in [0.5, 0.6) is 0 Å². The summed E-state index contributed by atoms with van der Waals surface area (Å²) in [5.41, 5.74) is -1.09. The van der Waals surface area contributed by atoms with Crippen LogP contribution in [0.15, 0.2) is 18.2 Å². The molecule has 0 fully saturated rings. The number of nitrogens with one attached hydrogen (secondary N) is 1. The van der Waals surface area contributed by atoms with E-state index >= 15 is 0 Å². The van der Waals surface area contributed by atoms with E-state index in [1.54, 1.807) is 20.8 Å². The number of hydrogen-bond donors (Lipinski definition) is 1. The lowest BCUT2D eigenvalue weighted by molar-refractivity contribution is 0.0617. The summed E-state index contributed by atoms with van der Waals surface area (Å²) in [5, 5.41) is 2.49. The third-order valence-electron chi connectivity index (χ3n) is 2.52. The van der Waals surface area contributed by atoms with Crippen molar-refractivity contribution >= 4 is 11.9 Å². The highest BCUT2D eigenvalue weighted by Crippen LogP contribution is 2.15. The van der Waals surface area contributed by atoms with Gasteiger partial charge in [-0.05, 0) is 39.0 Å². The molecule has 0 bridgehead atoms. The molecule has 1 amide bonds. The normalized spacial score (nSPS) is 12.2. The first-order valence-electron chi connectivity index (χ1n) is 6.55. The lowest BCUT2D eigenvalue weighted by atomic mass is 10.0. The number of carbonyl (C=O) groups excluding carboxylic acids is 2. The fraction of sp³-hybridized carbons (Fsp3) is 0.375. The van der Waals surface area contributed by atoms with Crippen LogP contribution in [0.4, 0.5) is 13.6 Å². The number of carbonyl (C=O) groups is 2. The quantitative estimate of drug-likeness (QED) is 0.687. The fourth-order valence-corrected chi connectivity index (χ4v) is 1.62. The monoisotopic (exact) mass is 309 g/mol. The topological polar surface area (TPSA) is 55.4 Å². The van der Waals surface area contributed by atoms with Gasteiger partial charge in [0.2, 0.25) is 5.78 Å². The molecule has 1 N–H and O–H groups in total. The molecular formula is C16H17F2NO3. The van der Waals surface area contributed by atoms with E-state index in [0.717, 1.165) is 18.2 Å². The first kappa shape index (κ1) is 17.6. The summed E-state index contributed by atoms with van der Waals surface area (Å²) in [6.07, 6.45) is 2.64.